The van der Waals surface area contributed by atoms with Gasteiger partial charge in [0.25, 0.3) is 5.17 Å². The van der Waals surface area contributed by atoms with Crippen LogP contribution in [-0.4, -0.2) is 24.1 Å². The molecule has 3 nitrogen and oxygen atoms in total. The molecular formula is C7H13NO2S. The first-order valence-electron chi connectivity index (χ1n) is 3.57. The molecule has 0 heterocycles. The zero-order valence-corrected chi connectivity index (χ0v) is 7.66. The Bertz CT molecular complexity index is 147. The monoisotopic (exact) mass is 175 g/mol. The first kappa shape index (κ1) is 10.4. The number of ketones is 1. The highest BCUT2D eigenvalue weighted by atomic mass is 32.1. The molecule has 0 aliphatic carbocycles. The number of nitrogens with one attached hydrogen (secondary N) is 1. The second-order valence-electron chi connectivity index (χ2n) is 2.19. The van der Waals surface area contributed by atoms with Gasteiger partial charge in [0.05, 0.1) is 13.2 Å². The second kappa shape index (κ2) is 6.09. The van der Waals surface area contributed by atoms with Gasteiger partial charge in [-0.2, -0.15) is 0 Å². The molecule has 11 heavy (non-hydrogen) atoms. The van der Waals surface area contributed by atoms with Crippen LogP contribution in [0.1, 0.15) is 20.3 Å². The van der Waals surface area contributed by atoms with Gasteiger partial charge in [0, 0.05) is 0 Å². The van der Waals surface area contributed by atoms with Crippen molar-refractivity contribution in [3.63, 3.8) is 0 Å². The van der Waals surface area contributed by atoms with Crippen LogP contribution in [0.15, 0.2) is 0 Å². The van der Waals surface area contributed by atoms with E-state index in [0.717, 1.165) is 6.42 Å². The number of hydrogen-bond acceptors (Lipinski definition) is 3. The Hall–Kier alpha value is -0.640. The van der Waals surface area contributed by atoms with Crippen molar-refractivity contribution in [3.05, 3.63) is 0 Å². The normalized spacial score (nSPS) is 8.91. The fourth-order valence-electron chi connectivity index (χ4n) is 0.442. The molecule has 0 radical (unpaired) electrons. The predicted molar refractivity (Wildman–Crippen MR) is 47.5 cm³/mol. The maximum Gasteiger partial charge on any atom is 0.256 e. The Labute approximate surface area is 72.1 Å². The molecular weight excluding hydrogens is 162 g/mol. The Morgan fingerprint density at radius 1 is 1.64 bits per heavy atom. The Morgan fingerprint density at radius 3 is 2.73 bits per heavy atom. The molecule has 1 N–H and O–H groups in total. The molecule has 0 aliphatic rings. The minimum Gasteiger partial charge on any atom is -0.471 e. The van der Waals surface area contributed by atoms with Crippen LogP contribution in [-0.2, 0) is 9.53 Å². The van der Waals surface area contributed by atoms with E-state index in [1.807, 2.05) is 6.92 Å². The summed E-state index contributed by atoms with van der Waals surface area (Å²) in [5, 5.41) is 2.98. The maximum atomic E-state index is 10.4. The van der Waals surface area contributed by atoms with E-state index >= 15 is 0 Å². The van der Waals surface area contributed by atoms with Crippen LogP contribution in [0.5, 0.6) is 0 Å². The second-order valence-corrected chi connectivity index (χ2v) is 2.56. The summed E-state index contributed by atoms with van der Waals surface area (Å²) < 4.78 is 5.01. The molecule has 4 heteroatoms. The third-order valence-corrected chi connectivity index (χ3v) is 1.18. The van der Waals surface area contributed by atoms with Crippen molar-refractivity contribution in [1.29, 1.82) is 0 Å². The van der Waals surface area contributed by atoms with Gasteiger partial charge in [-0.25, -0.2) is 0 Å². The first-order valence-corrected chi connectivity index (χ1v) is 3.97. The van der Waals surface area contributed by atoms with Gasteiger partial charge in [-0.1, -0.05) is 6.92 Å². The predicted octanol–water partition coefficient (Wildman–Crippen LogP) is 0.877. The van der Waals surface area contributed by atoms with Gasteiger partial charge in [-0.3, -0.25) is 4.79 Å². The van der Waals surface area contributed by atoms with Crippen LogP contribution in [0.2, 0.25) is 0 Å². The largest absolute Gasteiger partial charge is 0.471 e. The number of carbonyl (C=O) groups excluding carboxylic acids is 1. The Balaban J connectivity index is 3.30. The summed E-state index contributed by atoms with van der Waals surface area (Å²) >= 11 is 4.75. The highest BCUT2D eigenvalue weighted by Gasteiger charge is 1.96. The molecule has 0 saturated carbocycles. The van der Waals surface area contributed by atoms with E-state index in [1.165, 1.54) is 6.92 Å². The standard InChI is InChI=1S/C7H13NO2S/c1-3-4-10-7(11)8-5-6(2)9/h3-5H2,1-2H3,(H,8,11). The van der Waals surface area contributed by atoms with Crippen LogP contribution in [0.4, 0.5) is 0 Å². The molecule has 0 aromatic heterocycles. The average molecular weight is 175 g/mol. The number of ether oxygens (including phenoxy) is 1. The van der Waals surface area contributed by atoms with Gasteiger partial charge in [0.1, 0.15) is 5.78 Å². The van der Waals surface area contributed by atoms with Gasteiger partial charge in [0.2, 0.25) is 0 Å². The van der Waals surface area contributed by atoms with E-state index in [-0.39, 0.29) is 12.3 Å². The van der Waals surface area contributed by atoms with Crippen LogP contribution < -0.4 is 5.32 Å². The number of hydrogen-bond donors (Lipinski definition) is 1. The van der Waals surface area contributed by atoms with Gasteiger partial charge in [0.15, 0.2) is 0 Å². The summed E-state index contributed by atoms with van der Waals surface area (Å²) in [6, 6.07) is 0. The van der Waals surface area contributed by atoms with Crippen molar-refractivity contribution >= 4 is 23.2 Å². The fraction of sp³-hybridized carbons (Fsp3) is 0.714. The molecule has 64 valence electrons. The van der Waals surface area contributed by atoms with Crippen molar-refractivity contribution in [3.8, 4) is 0 Å². The van der Waals surface area contributed by atoms with Crippen LogP contribution >= 0.6 is 12.2 Å². The van der Waals surface area contributed by atoms with E-state index in [0.29, 0.717) is 11.8 Å². The molecule has 0 saturated heterocycles. The summed E-state index contributed by atoms with van der Waals surface area (Å²) in [7, 11) is 0. The summed E-state index contributed by atoms with van der Waals surface area (Å²) in [6.45, 7) is 4.34. The zero-order valence-electron chi connectivity index (χ0n) is 6.85. The zero-order chi connectivity index (χ0) is 8.69. The third kappa shape index (κ3) is 7.25. The molecule has 0 aromatic rings. The maximum absolute atomic E-state index is 10.4. The van der Waals surface area contributed by atoms with Crippen LogP contribution in [0, 0.1) is 0 Å². The van der Waals surface area contributed by atoms with E-state index in [4.69, 9.17) is 17.0 Å². The number of thiocarbonyl (C=S) groups is 1. The lowest BCUT2D eigenvalue weighted by Gasteiger charge is -2.06. The molecule has 0 atom stereocenters. The van der Waals surface area contributed by atoms with Crippen LogP contribution in [0.25, 0.3) is 0 Å². The van der Waals surface area contributed by atoms with Crippen LogP contribution in [0.3, 0.4) is 0 Å². The summed E-state index contributed by atoms with van der Waals surface area (Å²) in [6.07, 6.45) is 0.919. The van der Waals surface area contributed by atoms with Gasteiger partial charge < -0.3 is 10.1 Å². The number of rotatable bonds is 4. The Kier molecular flexibility index (Phi) is 5.74. The van der Waals surface area contributed by atoms with Crippen molar-refractivity contribution in [2.75, 3.05) is 13.2 Å². The highest BCUT2D eigenvalue weighted by molar-refractivity contribution is 7.80. The third-order valence-electron chi connectivity index (χ3n) is 0.919. The lowest BCUT2D eigenvalue weighted by atomic mass is 10.4. The molecule has 0 rings (SSSR count). The summed E-state index contributed by atoms with van der Waals surface area (Å²) in [5.41, 5.74) is 0. The van der Waals surface area contributed by atoms with Crippen molar-refractivity contribution in [2.24, 2.45) is 0 Å². The molecule has 0 spiro atoms. The van der Waals surface area contributed by atoms with Crippen molar-refractivity contribution < 1.29 is 9.53 Å². The molecule has 0 aliphatic heterocycles. The van der Waals surface area contributed by atoms with E-state index < -0.39 is 0 Å². The van der Waals surface area contributed by atoms with Gasteiger partial charge in [-0.15, -0.1) is 0 Å². The smallest absolute Gasteiger partial charge is 0.256 e. The Morgan fingerprint density at radius 2 is 2.27 bits per heavy atom. The van der Waals surface area contributed by atoms with Gasteiger partial charge in [-0.05, 0) is 25.6 Å². The SMILES string of the molecule is CCCOC(=S)NCC(C)=O. The van der Waals surface area contributed by atoms with E-state index in [2.05, 4.69) is 5.32 Å². The minimum atomic E-state index is 0.0486. The lowest BCUT2D eigenvalue weighted by Crippen LogP contribution is -2.28. The van der Waals surface area contributed by atoms with Crippen molar-refractivity contribution in [1.82, 2.24) is 5.32 Å². The summed E-state index contributed by atoms with van der Waals surface area (Å²) in [5.74, 6) is 0.0486. The van der Waals surface area contributed by atoms with Crippen molar-refractivity contribution in [2.45, 2.75) is 20.3 Å². The number of carbonyl (C=O) groups is 1. The topological polar surface area (TPSA) is 38.3 Å². The molecule has 0 unspecified atom stereocenters. The van der Waals surface area contributed by atoms with E-state index in [9.17, 15) is 4.79 Å². The lowest BCUT2D eigenvalue weighted by molar-refractivity contribution is -0.116. The molecule has 0 bridgehead atoms. The first-order chi connectivity index (χ1) is 5.16. The summed E-state index contributed by atoms with van der Waals surface area (Å²) in [4.78, 5) is 10.4. The highest BCUT2D eigenvalue weighted by Crippen LogP contribution is 1.81. The number of Topliss-reactive ketones (excluding diaryl/α,β-unsaturated/α-hetero) is 1. The van der Waals surface area contributed by atoms with E-state index in [1.54, 1.807) is 0 Å². The minimum absolute atomic E-state index is 0.0486. The molecule has 0 aromatic carbocycles. The fourth-order valence-corrected chi connectivity index (χ4v) is 0.598. The molecule has 0 fully saturated rings. The average Bonchev–Trinajstić information content (AvgIpc) is 1.97. The quantitative estimate of drug-likeness (QED) is 0.644. The molecule has 0 amide bonds. The van der Waals surface area contributed by atoms with Gasteiger partial charge >= 0.3 is 0 Å².